The average Bonchev–Trinajstić information content (AvgIpc) is 2.36. The third-order valence-electron chi connectivity index (χ3n) is 3.01. The van der Waals surface area contributed by atoms with Crippen LogP contribution in [-0.2, 0) is 0 Å². The van der Waals surface area contributed by atoms with Crippen molar-refractivity contribution in [3.8, 4) is 0 Å². The van der Waals surface area contributed by atoms with Crippen LogP contribution in [0.25, 0.3) is 0 Å². The maximum Gasteiger partial charge on any atom is 0.123 e. The topological polar surface area (TPSA) is 12.0 Å². The van der Waals surface area contributed by atoms with Crippen LogP contribution in [-0.4, -0.2) is 6.54 Å². The quantitative estimate of drug-likeness (QED) is 0.786. The largest absolute Gasteiger partial charge is 0.307 e. The fourth-order valence-electron chi connectivity index (χ4n) is 2.22. The molecule has 0 radical (unpaired) electrons. The van der Waals surface area contributed by atoms with Crippen molar-refractivity contribution in [2.45, 2.75) is 19.9 Å². The summed E-state index contributed by atoms with van der Waals surface area (Å²) in [5.74, 6) is -0.177. The Bertz CT molecular complexity index is 531. The van der Waals surface area contributed by atoms with Crippen molar-refractivity contribution >= 4 is 22.6 Å². The summed E-state index contributed by atoms with van der Waals surface area (Å²) in [5.41, 5.74) is 3.08. The molecule has 2 rings (SSSR count). The molecule has 0 spiro atoms. The molecule has 2 aromatic rings. The van der Waals surface area contributed by atoms with Crippen LogP contribution in [0.4, 0.5) is 4.39 Å². The van der Waals surface area contributed by atoms with Gasteiger partial charge in [0.15, 0.2) is 0 Å². The van der Waals surface area contributed by atoms with Gasteiger partial charge in [0.25, 0.3) is 0 Å². The highest BCUT2D eigenvalue weighted by atomic mass is 127. The van der Waals surface area contributed by atoms with Crippen molar-refractivity contribution in [2.75, 3.05) is 6.54 Å². The zero-order valence-corrected chi connectivity index (χ0v) is 13.2. The molecule has 0 saturated carbocycles. The van der Waals surface area contributed by atoms with E-state index in [2.05, 4.69) is 59.1 Å². The van der Waals surface area contributed by atoms with E-state index >= 15 is 0 Å². The van der Waals surface area contributed by atoms with Gasteiger partial charge in [-0.15, -0.1) is 0 Å². The van der Waals surface area contributed by atoms with Gasteiger partial charge < -0.3 is 5.32 Å². The van der Waals surface area contributed by atoms with Gasteiger partial charge in [-0.05, 0) is 77.0 Å². The van der Waals surface area contributed by atoms with Crippen LogP contribution < -0.4 is 5.32 Å². The van der Waals surface area contributed by atoms with E-state index in [1.165, 1.54) is 3.57 Å². The Kier molecular flexibility index (Phi) is 4.93. The van der Waals surface area contributed by atoms with E-state index in [1.54, 1.807) is 12.1 Å². The number of hydrogen-bond acceptors (Lipinski definition) is 1. The van der Waals surface area contributed by atoms with Crippen molar-refractivity contribution in [3.63, 3.8) is 0 Å². The first-order valence-corrected chi connectivity index (χ1v) is 7.44. The molecule has 0 amide bonds. The monoisotopic (exact) mass is 369 g/mol. The molecule has 1 N–H and O–H groups in total. The standard InChI is InChI=1S/C16H17FIN/c1-3-19-16(12-4-6-15(18)7-5-12)13-8-11(2)9-14(17)10-13/h4-10,16,19H,3H2,1-2H3. The minimum Gasteiger partial charge on any atom is -0.307 e. The second-order valence-electron chi connectivity index (χ2n) is 4.60. The van der Waals surface area contributed by atoms with Gasteiger partial charge in [0.05, 0.1) is 6.04 Å². The van der Waals surface area contributed by atoms with Crippen LogP contribution in [0.3, 0.4) is 0 Å². The first-order valence-electron chi connectivity index (χ1n) is 6.36. The summed E-state index contributed by atoms with van der Waals surface area (Å²) in [7, 11) is 0. The summed E-state index contributed by atoms with van der Waals surface area (Å²) >= 11 is 2.29. The molecule has 1 atom stereocenters. The lowest BCUT2D eigenvalue weighted by Crippen LogP contribution is -2.22. The number of aryl methyl sites for hydroxylation is 1. The Balaban J connectivity index is 2.41. The Morgan fingerprint density at radius 1 is 1.11 bits per heavy atom. The fourth-order valence-corrected chi connectivity index (χ4v) is 2.58. The summed E-state index contributed by atoms with van der Waals surface area (Å²) in [6, 6.07) is 13.6. The number of benzene rings is 2. The van der Waals surface area contributed by atoms with Gasteiger partial charge in [0.2, 0.25) is 0 Å². The smallest absolute Gasteiger partial charge is 0.123 e. The van der Waals surface area contributed by atoms with Crippen LogP contribution in [0.1, 0.15) is 29.7 Å². The predicted octanol–water partition coefficient (Wildman–Crippen LogP) is 4.44. The molecular formula is C16H17FIN. The molecule has 0 aliphatic rings. The zero-order valence-electron chi connectivity index (χ0n) is 11.1. The summed E-state index contributed by atoms with van der Waals surface area (Å²) in [4.78, 5) is 0. The Morgan fingerprint density at radius 2 is 1.79 bits per heavy atom. The Morgan fingerprint density at radius 3 is 2.37 bits per heavy atom. The lowest BCUT2D eigenvalue weighted by molar-refractivity contribution is 0.602. The molecule has 2 aromatic carbocycles. The zero-order chi connectivity index (χ0) is 13.8. The first-order chi connectivity index (χ1) is 9.10. The number of hydrogen-bond donors (Lipinski definition) is 1. The van der Waals surface area contributed by atoms with E-state index in [1.807, 2.05) is 13.0 Å². The van der Waals surface area contributed by atoms with E-state index in [0.717, 1.165) is 23.2 Å². The lowest BCUT2D eigenvalue weighted by Gasteiger charge is -2.19. The predicted molar refractivity (Wildman–Crippen MR) is 85.8 cm³/mol. The molecule has 1 unspecified atom stereocenters. The molecule has 0 aliphatic heterocycles. The van der Waals surface area contributed by atoms with Crippen LogP contribution in [0, 0.1) is 16.3 Å². The lowest BCUT2D eigenvalue weighted by atomic mass is 9.97. The molecule has 3 heteroatoms. The highest BCUT2D eigenvalue weighted by Gasteiger charge is 2.14. The molecule has 0 aromatic heterocycles. The van der Waals surface area contributed by atoms with E-state index in [-0.39, 0.29) is 11.9 Å². The van der Waals surface area contributed by atoms with Gasteiger partial charge in [0, 0.05) is 3.57 Å². The highest BCUT2D eigenvalue weighted by molar-refractivity contribution is 14.1. The summed E-state index contributed by atoms with van der Waals surface area (Å²) in [6.45, 7) is 4.82. The molecule has 0 aliphatic carbocycles. The molecule has 0 fully saturated rings. The van der Waals surface area contributed by atoms with Crippen LogP contribution in [0.15, 0.2) is 42.5 Å². The van der Waals surface area contributed by atoms with Crippen molar-refractivity contribution in [1.29, 1.82) is 0 Å². The van der Waals surface area contributed by atoms with Crippen LogP contribution >= 0.6 is 22.6 Å². The molecule has 0 saturated heterocycles. The van der Waals surface area contributed by atoms with Gasteiger partial charge in [-0.25, -0.2) is 4.39 Å². The average molecular weight is 369 g/mol. The van der Waals surface area contributed by atoms with Crippen molar-refractivity contribution in [3.05, 3.63) is 68.5 Å². The molecule has 19 heavy (non-hydrogen) atoms. The number of rotatable bonds is 4. The fraction of sp³-hybridized carbons (Fsp3) is 0.250. The molecule has 100 valence electrons. The maximum absolute atomic E-state index is 13.6. The number of nitrogens with one attached hydrogen (secondary N) is 1. The van der Waals surface area contributed by atoms with Crippen LogP contribution in [0.2, 0.25) is 0 Å². The molecule has 0 heterocycles. The highest BCUT2D eigenvalue weighted by Crippen LogP contribution is 2.24. The summed E-state index contributed by atoms with van der Waals surface area (Å²) in [5, 5.41) is 3.42. The Hall–Kier alpha value is -0.940. The summed E-state index contributed by atoms with van der Waals surface area (Å²) < 4.78 is 14.8. The Labute approximate surface area is 127 Å². The van der Waals surface area contributed by atoms with Gasteiger partial charge in [-0.3, -0.25) is 0 Å². The van der Waals surface area contributed by atoms with Gasteiger partial charge >= 0.3 is 0 Å². The summed E-state index contributed by atoms with van der Waals surface area (Å²) in [6.07, 6.45) is 0. The van der Waals surface area contributed by atoms with E-state index in [9.17, 15) is 4.39 Å². The normalized spacial score (nSPS) is 12.4. The maximum atomic E-state index is 13.6. The van der Waals surface area contributed by atoms with Gasteiger partial charge in [0.1, 0.15) is 5.82 Å². The third-order valence-corrected chi connectivity index (χ3v) is 3.73. The second-order valence-corrected chi connectivity index (χ2v) is 5.85. The van der Waals surface area contributed by atoms with E-state index < -0.39 is 0 Å². The van der Waals surface area contributed by atoms with Gasteiger partial charge in [-0.1, -0.05) is 25.1 Å². The third kappa shape index (κ3) is 3.76. The minimum atomic E-state index is -0.177. The molecular weight excluding hydrogens is 352 g/mol. The van der Waals surface area contributed by atoms with Crippen molar-refractivity contribution in [1.82, 2.24) is 5.32 Å². The van der Waals surface area contributed by atoms with E-state index in [4.69, 9.17) is 0 Å². The van der Waals surface area contributed by atoms with Gasteiger partial charge in [-0.2, -0.15) is 0 Å². The van der Waals surface area contributed by atoms with Crippen molar-refractivity contribution < 1.29 is 4.39 Å². The van der Waals surface area contributed by atoms with E-state index in [0.29, 0.717) is 0 Å². The molecule has 0 bridgehead atoms. The number of halogens is 2. The van der Waals surface area contributed by atoms with Crippen LogP contribution in [0.5, 0.6) is 0 Å². The first kappa shape index (κ1) is 14.5. The SMILES string of the molecule is CCNC(c1ccc(I)cc1)c1cc(C)cc(F)c1. The molecule has 1 nitrogen and oxygen atoms in total. The minimum absolute atomic E-state index is 0.0383. The van der Waals surface area contributed by atoms with Crippen molar-refractivity contribution in [2.24, 2.45) is 0 Å². The second kappa shape index (κ2) is 6.48.